The topological polar surface area (TPSA) is 52.9 Å². The van der Waals surface area contributed by atoms with Crippen molar-refractivity contribution >= 4 is 5.91 Å². The molecule has 3 nitrogen and oxygen atoms in total. The van der Waals surface area contributed by atoms with Gasteiger partial charge in [0, 0.05) is 0 Å². The van der Waals surface area contributed by atoms with Gasteiger partial charge in [-0.3, -0.25) is 4.79 Å². The molecule has 1 N–H and O–H groups in total. The quantitative estimate of drug-likeness (QED) is 0.873. The van der Waals surface area contributed by atoms with E-state index in [2.05, 4.69) is 5.32 Å². The summed E-state index contributed by atoms with van der Waals surface area (Å²) in [5.74, 6) is -1.58. The Hall–Kier alpha value is -2.10. The van der Waals surface area contributed by atoms with Gasteiger partial charge in [-0.1, -0.05) is 0 Å². The van der Waals surface area contributed by atoms with Gasteiger partial charge in [-0.2, -0.15) is 18.4 Å². The summed E-state index contributed by atoms with van der Waals surface area (Å²) in [5.41, 5.74) is -2.28. The molecule has 0 aliphatic heterocycles. The van der Waals surface area contributed by atoms with E-state index in [0.29, 0.717) is 18.9 Å². The number of alkyl halides is 3. The van der Waals surface area contributed by atoms with Crippen molar-refractivity contribution in [3.8, 4) is 6.07 Å². The van der Waals surface area contributed by atoms with Crippen molar-refractivity contribution in [1.29, 1.82) is 5.26 Å². The maximum absolute atomic E-state index is 13.4. The molecule has 7 heteroatoms. The third-order valence-electron chi connectivity index (χ3n) is 3.50. The molecular formula is C14H12F4N2O. The number of rotatable bonds is 3. The Morgan fingerprint density at radius 1 is 1.38 bits per heavy atom. The van der Waals surface area contributed by atoms with Gasteiger partial charge in [0.05, 0.1) is 17.0 Å². The van der Waals surface area contributed by atoms with E-state index in [4.69, 9.17) is 5.26 Å². The Bertz CT molecular complexity index is 614. The van der Waals surface area contributed by atoms with Crippen LogP contribution in [-0.4, -0.2) is 11.9 Å². The summed E-state index contributed by atoms with van der Waals surface area (Å²) in [4.78, 5) is 12.1. The zero-order valence-electron chi connectivity index (χ0n) is 11.1. The van der Waals surface area contributed by atoms with Crippen LogP contribution in [0.2, 0.25) is 0 Å². The number of hydrogen-bond donors (Lipinski definition) is 1. The number of nitriles is 1. The molecule has 0 saturated heterocycles. The van der Waals surface area contributed by atoms with E-state index >= 15 is 0 Å². The lowest BCUT2D eigenvalue weighted by atomic mass is 9.92. The molecule has 0 spiro atoms. The van der Waals surface area contributed by atoms with Crippen LogP contribution in [0.15, 0.2) is 18.2 Å². The van der Waals surface area contributed by atoms with E-state index in [-0.39, 0.29) is 5.56 Å². The van der Waals surface area contributed by atoms with Gasteiger partial charge in [-0.15, -0.1) is 0 Å². The zero-order chi connectivity index (χ0) is 15.8. The van der Waals surface area contributed by atoms with Crippen LogP contribution in [0.4, 0.5) is 17.6 Å². The van der Waals surface area contributed by atoms with Gasteiger partial charge in [0.1, 0.15) is 11.9 Å². The fourth-order valence-corrected chi connectivity index (χ4v) is 2.17. The van der Waals surface area contributed by atoms with E-state index in [1.54, 1.807) is 0 Å². The summed E-state index contributed by atoms with van der Waals surface area (Å²) < 4.78 is 51.6. The van der Waals surface area contributed by atoms with E-state index in [1.165, 1.54) is 6.92 Å². The van der Waals surface area contributed by atoms with Gasteiger partial charge in [0.15, 0.2) is 0 Å². The fourth-order valence-electron chi connectivity index (χ4n) is 2.17. The van der Waals surface area contributed by atoms with Crippen LogP contribution in [0.1, 0.15) is 30.9 Å². The van der Waals surface area contributed by atoms with Crippen LogP contribution in [-0.2, 0) is 16.4 Å². The molecule has 1 saturated carbocycles. The third-order valence-corrected chi connectivity index (χ3v) is 3.50. The third kappa shape index (κ3) is 2.99. The van der Waals surface area contributed by atoms with E-state index in [9.17, 15) is 22.4 Å². The number of carbonyl (C=O) groups excluding carboxylic acids is 1. The van der Waals surface area contributed by atoms with Crippen molar-refractivity contribution in [2.75, 3.05) is 0 Å². The average Bonchev–Trinajstić information content (AvgIpc) is 3.18. The Kier molecular flexibility index (Phi) is 3.66. The summed E-state index contributed by atoms with van der Waals surface area (Å²) in [6.07, 6.45) is -4.02. The number of nitrogens with zero attached hydrogens (tertiary/aromatic N) is 1. The molecule has 1 atom stereocenters. The van der Waals surface area contributed by atoms with Gasteiger partial charge in [-0.25, -0.2) is 4.39 Å². The molecule has 1 aliphatic carbocycles. The molecule has 112 valence electrons. The van der Waals surface area contributed by atoms with Crippen LogP contribution in [0, 0.1) is 17.1 Å². The molecule has 21 heavy (non-hydrogen) atoms. The molecule has 1 aromatic rings. The van der Waals surface area contributed by atoms with Crippen LogP contribution in [0.25, 0.3) is 0 Å². The highest BCUT2D eigenvalue weighted by Gasteiger charge is 2.52. The minimum Gasteiger partial charge on any atom is -0.340 e. The van der Waals surface area contributed by atoms with Gasteiger partial charge in [0.2, 0.25) is 5.91 Å². The van der Waals surface area contributed by atoms with Crippen molar-refractivity contribution in [3.63, 3.8) is 0 Å². The van der Waals surface area contributed by atoms with E-state index in [0.717, 1.165) is 12.1 Å². The minimum absolute atomic E-state index is 0.00235. The van der Waals surface area contributed by atoms with E-state index in [1.807, 2.05) is 6.07 Å². The largest absolute Gasteiger partial charge is 0.416 e. The zero-order valence-corrected chi connectivity index (χ0v) is 11.1. The number of nitrogens with one attached hydrogen (secondary N) is 1. The monoisotopic (exact) mass is 300 g/mol. The Morgan fingerprint density at radius 2 is 2.00 bits per heavy atom. The summed E-state index contributed by atoms with van der Waals surface area (Å²) in [5, 5.41) is 11.1. The highest BCUT2D eigenvalue weighted by molar-refractivity contribution is 5.91. The van der Waals surface area contributed by atoms with Crippen molar-refractivity contribution in [3.05, 3.63) is 35.1 Å². The lowest BCUT2D eigenvalue weighted by Gasteiger charge is -2.18. The van der Waals surface area contributed by atoms with Crippen molar-refractivity contribution < 1.29 is 22.4 Å². The first kappa shape index (κ1) is 15.3. The second kappa shape index (κ2) is 5.02. The maximum Gasteiger partial charge on any atom is 0.416 e. The molecule has 0 heterocycles. The van der Waals surface area contributed by atoms with Crippen LogP contribution < -0.4 is 5.32 Å². The van der Waals surface area contributed by atoms with Gasteiger partial charge in [-0.05, 0) is 43.5 Å². The Balaban J connectivity index is 2.36. The lowest BCUT2D eigenvalue weighted by Crippen LogP contribution is -2.39. The molecule has 0 bridgehead atoms. The van der Waals surface area contributed by atoms with Crippen molar-refractivity contribution in [2.45, 2.75) is 37.4 Å². The Morgan fingerprint density at radius 3 is 2.48 bits per heavy atom. The van der Waals surface area contributed by atoms with Crippen LogP contribution in [0.5, 0.6) is 0 Å². The summed E-state index contributed by atoms with van der Waals surface area (Å²) in [7, 11) is 0. The standard InChI is InChI=1S/C14H12F4N2O/c1-8(7-19)20-12(21)13(2-3-13)9-4-10(14(16,17)18)6-11(15)5-9/h4-6,8H,2-3H2,1H3,(H,20,21)/t8-/m1/s1. The lowest BCUT2D eigenvalue weighted by molar-refractivity contribution is -0.138. The first-order valence-electron chi connectivity index (χ1n) is 6.28. The smallest absolute Gasteiger partial charge is 0.340 e. The molecule has 2 rings (SSSR count). The Labute approximate surface area is 118 Å². The molecular weight excluding hydrogens is 288 g/mol. The van der Waals surface area contributed by atoms with Crippen LogP contribution in [0.3, 0.4) is 0 Å². The number of benzene rings is 1. The first-order valence-corrected chi connectivity index (χ1v) is 6.28. The fraction of sp³-hybridized carbons (Fsp3) is 0.429. The number of hydrogen-bond acceptors (Lipinski definition) is 2. The molecule has 0 unspecified atom stereocenters. The first-order chi connectivity index (χ1) is 9.69. The van der Waals surface area contributed by atoms with Crippen molar-refractivity contribution in [2.24, 2.45) is 0 Å². The second-order valence-corrected chi connectivity index (χ2v) is 5.13. The molecule has 1 aromatic carbocycles. The number of amides is 1. The molecule has 1 aliphatic rings. The molecule has 1 amide bonds. The summed E-state index contributed by atoms with van der Waals surface area (Å²) >= 11 is 0. The average molecular weight is 300 g/mol. The molecule has 0 aromatic heterocycles. The number of halogens is 4. The minimum atomic E-state index is -4.68. The summed E-state index contributed by atoms with van der Waals surface area (Å²) in [6.45, 7) is 1.46. The maximum atomic E-state index is 13.4. The van der Waals surface area contributed by atoms with Gasteiger partial charge >= 0.3 is 6.18 Å². The second-order valence-electron chi connectivity index (χ2n) is 5.13. The van der Waals surface area contributed by atoms with Crippen LogP contribution >= 0.6 is 0 Å². The van der Waals surface area contributed by atoms with Gasteiger partial charge in [0.25, 0.3) is 0 Å². The normalized spacial score (nSPS) is 17.7. The highest BCUT2D eigenvalue weighted by atomic mass is 19.4. The van der Waals surface area contributed by atoms with Crippen molar-refractivity contribution in [1.82, 2.24) is 5.32 Å². The molecule has 1 fully saturated rings. The van der Waals surface area contributed by atoms with Gasteiger partial charge < -0.3 is 5.32 Å². The van der Waals surface area contributed by atoms with E-state index < -0.39 is 34.9 Å². The summed E-state index contributed by atoms with van der Waals surface area (Å²) in [6, 6.07) is 3.19. The highest BCUT2D eigenvalue weighted by Crippen LogP contribution is 2.49. The predicted octanol–water partition coefficient (Wildman–Crippen LogP) is 2.90. The number of carbonyl (C=O) groups is 1. The molecule has 0 radical (unpaired) electrons. The predicted molar refractivity (Wildman–Crippen MR) is 65.5 cm³/mol. The SMILES string of the molecule is C[C@H](C#N)NC(=O)C1(c2cc(F)cc(C(F)(F)F)c2)CC1.